The van der Waals surface area contributed by atoms with Crippen molar-refractivity contribution >= 4 is 23.3 Å². The van der Waals surface area contributed by atoms with E-state index in [4.69, 9.17) is 16.3 Å². The van der Waals surface area contributed by atoms with Crippen LogP contribution in [-0.4, -0.2) is 19.1 Å². The molecule has 2 rings (SSSR count). The molecule has 4 heteroatoms. The molecule has 1 atom stereocenters. The highest BCUT2D eigenvalue weighted by Gasteiger charge is 2.21. The van der Waals surface area contributed by atoms with E-state index in [-0.39, 0.29) is 5.97 Å². The fourth-order valence-corrected chi connectivity index (χ4v) is 3.09. The molecule has 0 spiro atoms. The van der Waals surface area contributed by atoms with Crippen LogP contribution in [0, 0.1) is 5.92 Å². The molecule has 3 nitrogen and oxygen atoms in total. The van der Waals surface area contributed by atoms with E-state index >= 15 is 0 Å². The summed E-state index contributed by atoms with van der Waals surface area (Å²) in [6, 6.07) is 5.65. The Labute approximate surface area is 125 Å². The van der Waals surface area contributed by atoms with E-state index in [9.17, 15) is 4.79 Å². The van der Waals surface area contributed by atoms with Crippen LogP contribution in [0.25, 0.3) is 0 Å². The van der Waals surface area contributed by atoms with Crippen LogP contribution in [0.3, 0.4) is 0 Å². The van der Waals surface area contributed by atoms with Crippen molar-refractivity contribution in [3.63, 3.8) is 0 Å². The standard InChI is InChI=1S/C16H22ClNO2/c1-11(12-6-4-3-5-7-12)18-15-9-8-13(17)10-14(15)16(19)20-2/h8-12,18H,3-7H2,1-2H3. The van der Waals surface area contributed by atoms with Gasteiger partial charge in [0.1, 0.15) is 0 Å². The third-order valence-corrected chi connectivity index (χ3v) is 4.36. The van der Waals surface area contributed by atoms with Crippen LogP contribution >= 0.6 is 11.6 Å². The van der Waals surface area contributed by atoms with Crippen LogP contribution in [0.5, 0.6) is 0 Å². The minimum atomic E-state index is -0.356. The molecule has 1 saturated carbocycles. The molecule has 1 aromatic carbocycles. The number of rotatable bonds is 4. The topological polar surface area (TPSA) is 38.3 Å². The van der Waals surface area contributed by atoms with Crippen molar-refractivity contribution in [2.75, 3.05) is 12.4 Å². The number of methoxy groups -OCH3 is 1. The van der Waals surface area contributed by atoms with Crippen molar-refractivity contribution in [2.24, 2.45) is 5.92 Å². The Hall–Kier alpha value is -1.22. The molecule has 1 unspecified atom stereocenters. The molecular formula is C16H22ClNO2. The lowest BCUT2D eigenvalue weighted by Crippen LogP contribution is -2.28. The Morgan fingerprint density at radius 1 is 1.35 bits per heavy atom. The summed E-state index contributed by atoms with van der Waals surface area (Å²) in [6.07, 6.45) is 6.48. The van der Waals surface area contributed by atoms with Gasteiger partial charge in [0.05, 0.1) is 12.7 Å². The highest BCUT2D eigenvalue weighted by Crippen LogP contribution is 2.29. The molecule has 1 aliphatic carbocycles. The van der Waals surface area contributed by atoms with Gasteiger partial charge in [-0.3, -0.25) is 0 Å². The van der Waals surface area contributed by atoms with Crippen LogP contribution in [0.15, 0.2) is 18.2 Å². The molecule has 1 aliphatic rings. The van der Waals surface area contributed by atoms with Crippen molar-refractivity contribution in [3.8, 4) is 0 Å². The smallest absolute Gasteiger partial charge is 0.340 e. The van der Waals surface area contributed by atoms with E-state index in [0.29, 0.717) is 22.5 Å². The monoisotopic (exact) mass is 295 g/mol. The molecule has 1 fully saturated rings. The summed E-state index contributed by atoms with van der Waals surface area (Å²) in [5.41, 5.74) is 1.31. The summed E-state index contributed by atoms with van der Waals surface area (Å²) >= 11 is 5.97. The zero-order valence-electron chi connectivity index (χ0n) is 12.1. The maximum absolute atomic E-state index is 11.8. The third-order valence-electron chi connectivity index (χ3n) is 4.13. The molecule has 0 saturated heterocycles. The van der Waals surface area contributed by atoms with E-state index < -0.39 is 0 Å². The highest BCUT2D eigenvalue weighted by atomic mass is 35.5. The minimum Gasteiger partial charge on any atom is -0.465 e. The number of halogens is 1. The first kappa shape index (κ1) is 15.2. The number of esters is 1. The zero-order valence-corrected chi connectivity index (χ0v) is 12.9. The normalized spacial score (nSPS) is 17.6. The second-order valence-electron chi connectivity index (χ2n) is 5.51. The molecule has 20 heavy (non-hydrogen) atoms. The second kappa shape index (κ2) is 6.98. The predicted octanol–water partition coefficient (Wildman–Crippen LogP) is 4.51. The van der Waals surface area contributed by atoms with Crippen LogP contribution in [0.1, 0.15) is 49.4 Å². The SMILES string of the molecule is COC(=O)c1cc(Cl)ccc1NC(C)C1CCCCC1. The minimum absolute atomic E-state index is 0.347. The van der Waals surface area contributed by atoms with Crippen molar-refractivity contribution in [1.82, 2.24) is 0 Å². The van der Waals surface area contributed by atoms with E-state index in [0.717, 1.165) is 5.69 Å². The van der Waals surface area contributed by atoms with Gasteiger partial charge in [0, 0.05) is 16.8 Å². The van der Waals surface area contributed by atoms with Gasteiger partial charge in [-0.15, -0.1) is 0 Å². The highest BCUT2D eigenvalue weighted by molar-refractivity contribution is 6.31. The van der Waals surface area contributed by atoms with E-state index in [2.05, 4.69) is 12.2 Å². The van der Waals surface area contributed by atoms with Gasteiger partial charge in [-0.1, -0.05) is 30.9 Å². The van der Waals surface area contributed by atoms with E-state index in [1.807, 2.05) is 6.07 Å². The maximum atomic E-state index is 11.8. The second-order valence-corrected chi connectivity index (χ2v) is 5.95. The van der Waals surface area contributed by atoms with E-state index in [1.165, 1.54) is 39.2 Å². The fraction of sp³-hybridized carbons (Fsp3) is 0.562. The average molecular weight is 296 g/mol. The number of hydrogen-bond acceptors (Lipinski definition) is 3. The Bertz CT molecular complexity index is 470. The molecule has 0 aliphatic heterocycles. The summed E-state index contributed by atoms with van der Waals surface area (Å²) in [5.74, 6) is 0.316. The van der Waals surface area contributed by atoms with E-state index in [1.54, 1.807) is 12.1 Å². The average Bonchev–Trinajstić information content (AvgIpc) is 2.49. The summed E-state index contributed by atoms with van der Waals surface area (Å²) < 4.78 is 4.82. The van der Waals surface area contributed by atoms with Crippen molar-refractivity contribution in [2.45, 2.75) is 45.1 Å². The quantitative estimate of drug-likeness (QED) is 0.831. The lowest BCUT2D eigenvalue weighted by atomic mass is 9.84. The van der Waals surface area contributed by atoms with Gasteiger partial charge < -0.3 is 10.1 Å². The predicted molar refractivity (Wildman–Crippen MR) is 82.5 cm³/mol. The van der Waals surface area contributed by atoms with Crippen molar-refractivity contribution in [3.05, 3.63) is 28.8 Å². The molecule has 0 radical (unpaired) electrons. The molecule has 0 heterocycles. The number of hydrogen-bond donors (Lipinski definition) is 1. The number of anilines is 1. The molecule has 0 aromatic heterocycles. The fourth-order valence-electron chi connectivity index (χ4n) is 2.92. The molecule has 110 valence electrons. The molecule has 1 aromatic rings. The summed E-state index contributed by atoms with van der Waals surface area (Å²) in [4.78, 5) is 11.8. The van der Waals surface area contributed by atoms with Crippen LogP contribution < -0.4 is 5.32 Å². The van der Waals surface area contributed by atoms with Gasteiger partial charge in [-0.25, -0.2) is 4.79 Å². The van der Waals surface area contributed by atoms with Gasteiger partial charge in [-0.2, -0.15) is 0 Å². The number of ether oxygens (including phenoxy) is 1. The lowest BCUT2D eigenvalue weighted by Gasteiger charge is -2.29. The zero-order chi connectivity index (χ0) is 14.5. The van der Waals surface area contributed by atoms with Crippen molar-refractivity contribution < 1.29 is 9.53 Å². The van der Waals surface area contributed by atoms with Crippen LogP contribution in [-0.2, 0) is 4.74 Å². The third kappa shape index (κ3) is 3.66. The molecule has 0 amide bonds. The van der Waals surface area contributed by atoms with Crippen LogP contribution in [0.2, 0.25) is 5.02 Å². The number of carbonyl (C=O) groups excluding carboxylic acids is 1. The molecular weight excluding hydrogens is 274 g/mol. The Balaban J connectivity index is 2.13. The summed E-state index contributed by atoms with van der Waals surface area (Å²) in [5, 5.41) is 4.01. The van der Waals surface area contributed by atoms with Gasteiger partial charge >= 0.3 is 5.97 Å². The van der Waals surface area contributed by atoms with Gasteiger partial charge in [-0.05, 0) is 43.9 Å². The first-order chi connectivity index (χ1) is 9.61. The largest absolute Gasteiger partial charge is 0.465 e. The summed E-state index contributed by atoms with van der Waals surface area (Å²) in [7, 11) is 1.39. The Morgan fingerprint density at radius 2 is 2.05 bits per heavy atom. The van der Waals surface area contributed by atoms with Crippen molar-refractivity contribution in [1.29, 1.82) is 0 Å². The first-order valence-corrected chi connectivity index (χ1v) is 7.64. The Morgan fingerprint density at radius 3 is 2.70 bits per heavy atom. The molecule has 0 bridgehead atoms. The maximum Gasteiger partial charge on any atom is 0.340 e. The molecule has 1 N–H and O–H groups in total. The van der Waals surface area contributed by atoms with Gasteiger partial charge in [0.25, 0.3) is 0 Å². The number of carbonyl (C=O) groups is 1. The summed E-state index contributed by atoms with van der Waals surface area (Å²) in [6.45, 7) is 2.19. The lowest BCUT2D eigenvalue weighted by molar-refractivity contribution is 0.0601. The van der Waals surface area contributed by atoms with Crippen LogP contribution in [0.4, 0.5) is 5.69 Å². The van der Waals surface area contributed by atoms with Gasteiger partial charge in [0.2, 0.25) is 0 Å². The number of nitrogens with one attached hydrogen (secondary N) is 1. The number of benzene rings is 1. The Kier molecular flexibility index (Phi) is 5.30. The van der Waals surface area contributed by atoms with Gasteiger partial charge in [0.15, 0.2) is 0 Å². The first-order valence-electron chi connectivity index (χ1n) is 7.26.